The molecule has 272 valence electrons. The number of aliphatic hydroxyl groups is 1. The Bertz CT molecular complexity index is 1050. The van der Waals surface area contributed by atoms with E-state index in [2.05, 4.69) is 30.7 Å². The molecule has 9 atom stereocenters. The molecule has 1 N–H and O–H groups in total. The van der Waals surface area contributed by atoms with Crippen molar-refractivity contribution in [1.82, 2.24) is 14.7 Å². The Labute approximate surface area is 285 Å². The van der Waals surface area contributed by atoms with E-state index in [1.807, 2.05) is 39.8 Å². The summed E-state index contributed by atoms with van der Waals surface area (Å²) in [7, 11) is 7.80. The SMILES string of the molecule is CCCN1C[C@H](C)C[C@@](C)(OC)[C@H](O[C@@H]2O[C@H](C)C[C@H](N(C)C)[C@H]2O)[C@@H](C)C(=O)C(C)(C)C(=O)OC[C@H]1[C@H]1C[C@H](N(C)CC2CC2)C1. The molecular weight excluding hydrogens is 598 g/mol. The van der Waals surface area contributed by atoms with E-state index >= 15 is 0 Å². The highest BCUT2D eigenvalue weighted by molar-refractivity contribution is 6.04. The second-order valence-corrected chi connectivity index (χ2v) is 16.7. The number of methoxy groups -OCH3 is 1. The van der Waals surface area contributed by atoms with Crippen LogP contribution in [0, 0.1) is 29.1 Å². The fourth-order valence-corrected chi connectivity index (χ4v) is 8.59. The third-order valence-electron chi connectivity index (χ3n) is 11.8. The van der Waals surface area contributed by atoms with Crippen molar-refractivity contribution in [3.63, 3.8) is 0 Å². The van der Waals surface area contributed by atoms with Crippen molar-refractivity contribution in [2.45, 2.75) is 142 Å². The number of esters is 1. The quantitative estimate of drug-likeness (QED) is 0.270. The molecule has 0 aromatic heterocycles. The van der Waals surface area contributed by atoms with Gasteiger partial charge in [-0.15, -0.1) is 0 Å². The number of hydrogen-bond donors (Lipinski definition) is 1. The Morgan fingerprint density at radius 2 is 1.70 bits per heavy atom. The number of hydrogen-bond acceptors (Lipinski definition) is 10. The fourth-order valence-electron chi connectivity index (χ4n) is 8.59. The van der Waals surface area contributed by atoms with E-state index in [0.29, 0.717) is 24.8 Å². The monoisotopic (exact) mass is 665 g/mol. The Morgan fingerprint density at radius 3 is 2.28 bits per heavy atom. The number of carbonyl (C=O) groups excluding carboxylic acids is 2. The summed E-state index contributed by atoms with van der Waals surface area (Å²) in [4.78, 5) is 35.2. The first-order valence-electron chi connectivity index (χ1n) is 18.4. The van der Waals surface area contributed by atoms with Gasteiger partial charge in [0.1, 0.15) is 18.1 Å². The zero-order valence-corrected chi connectivity index (χ0v) is 31.4. The molecule has 2 aliphatic heterocycles. The van der Waals surface area contributed by atoms with Crippen molar-refractivity contribution in [1.29, 1.82) is 0 Å². The van der Waals surface area contributed by atoms with Crippen LogP contribution in [0.25, 0.3) is 0 Å². The molecule has 0 radical (unpaired) electrons. The molecule has 0 aromatic rings. The van der Waals surface area contributed by atoms with Gasteiger partial charge in [-0.05, 0) is 118 Å². The molecular formula is C37H67N3O7. The number of ether oxygens (including phenoxy) is 4. The predicted octanol–water partition coefficient (Wildman–Crippen LogP) is 4.22. The third kappa shape index (κ3) is 8.97. The number of likely N-dealkylation sites (N-methyl/N-ethyl adjacent to an activating group) is 1. The van der Waals surface area contributed by atoms with Gasteiger partial charge in [0.25, 0.3) is 0 Å². The first kappa shape index (κ1) is 38.7. The summed E-state index contributed by atoms with van der Waals surface area (Å²) >= 11 is 0. The average molecular weight is 666 g/mol. The van der Waals surface area contributed by atoms with Crippen molar-refractivity contribution >= 4 is 11.8 Å². The highest BCUT2D eigenvalue weighted by Crippen LogP contribution is 2.41. The number of cyclic esters (lactones) is 1. The van der Waals surface area contributed by atoms with Gasteiger partial charge >= 0.3 is 5.97 Å². The van der Waals surface area contributed by atoms with E-state index in [0.717, 1.165) is 38.3 Å². The molecule has 0 spiro atoms. The largest absolute Gasteiger partial charge is 0.463 e. The minimum Gasteiger partial charge on any atom is -0.463 e. The van der Waals surface area contributed by atoms with E-state index in [1.54, 1.807) is 21.0 Å². The van der Waals surface area contributed by atoms with E-state index < -0.39 is 41.4 Å². The first-order chi connectivity index (χ1) is 22.0. The number of ketones is 1. The van der Waals surface area contributed by atoms with Gasteiger partial charge < -0.3 is 33.9 Å². The van der Waals surface area contributed by atoms with Crippen LogP contribution in [0.2, 0.25) is 0 Å². The lowest BCUT2D eigenvalue weighted by molar-refractivity contribution is -0.295. The maximum Gasteiger partial charge on any atom is 0.319 e. The molecule has 0 bridgehead atoms. The third-order valence-corrected chi connectivity index (χ3v) is 11.8. The van der Waals surface area contributed by atoms with Gasteiger partial charge in [0.05, 0.1) is 17.8 Å². The predicted molar refractivity (Wildman–Crippen MR) is 183 cm³/mol. The molecule has 2 aliphatic carbocycles. The molecule has 4 fully saturated rings. The standard InChI is InChI=1S/C37H67N3O7/c1-12-15-40-20-23(2)19-37(7,44-11)33(47-34-31(41)29(38(8)9)16-24(3)46-34)25(4)32(42)36(5,6)35(43)45-22-30(40)27-17-28(18-27)39(10)21-26-13-14-26/h23-31,33-34,41H,12-22H2,1-11H3/t23-,24-,25+,27-,28-,29+,30+,31-,33-,34+,37-/m1/s1. The van der Waals surface area contributed by atoms with Gasteiger partial charge in [0.2, 0.25) is 0 Å². The van der Waals surface area contributed by atoms with Crippen LogP contribution in [-0.4, -0.2) is 134 Å². The van der Waals surface area contributed by atoms with Gasteiger partial charge in [0, 0.05) is 44.2 Å². The van der Waals surface area contributed by atoms with Crippen LogP contribution < -0.4 is 0 Å². The smallest absolute Gasteiger partial charge is 0.319 e. The summed E-state index contributed by atoms with van der Waals surface area (Å²) in [5.41, 5.74) is -2.30. The summed E-state index contributed by atoms with van der Waals surface area (Å²) in [6.45, 7) is 16.7. The van der Waals surface area contributed by atoms with Crippen molar-refractivity contribution in [2.24, 2.45) is 29.1 Å². The summed E-state index contributed by atoms with van der Waals surface area (Å²) < 4.78 is 25.3. The van der Waals surface area contributed by atoms with E-state index in [9.17, 15) is 14.7 Å². The van der Waals surface area contributed by atoms with Crippen molar-refractivity contribution in [3.8, 4) is 0 Å². The minimum atomic E-state index is -1.40. The Balaban J connectivity index is 1.63. The van der Waals surface area contributed by atoms with Crippen LogP contribution in [0.4, 0.5) is 0 Å². The van der Waals surface area contributed by atoms with Crippen LogP contribution >= 0.6 is 0 Å². The Hall–Kier alpha value is -1.14. The lowest BCUT2D eigenvalue weighted by Crippen LogP contribution is -2.59. The topological polar surface area (TPSA) is 101 Å². The van der Waals surface area contributed by atoms with Crippen LogP contribution in [0.3, 0.4) is 0 Å². The van der Waals surface area contributed by atoms with E-state index in [4.69, 9.17) is 18.9 Å². The van der Waals surface area contributed by atoms with Gasteiger partial charge in [-0.1, -0.05) is 20.8 Å². The lowest BCUT2D eigenvalue weighted by atomic mass is 9.74. The fraction of sp³-hybridized carbons (Fsp3) is 0.946. The zero-order chi connectivity index (χ0) is 34.8. The van der Waals surface area contributed by atoms with Crippen molar-refractivity contribution in [2.75, 3.05) is 54.5 Å². The molecule has 0 aromatic carbocycles. The Morgan fingerprint density at radius 1 is 1.04 bits per heavy atom. The summed E-state index contributed by atoms with van der Waals surface area (Å²) in [6.07, 6.45) is 4.39. The Kier molecular flexibility index (Phi) is 13.0. The summed E-state index contributed by atoms with van der Waals surface area (Å²) in [5.74, 6) is -0.0318. The van der Waals surface area contributed by atoms with Gasteiger partial charge in [-0.3, -0.25) is 14.5 Å². The summed E-state index contributed by atoms with van der Waals surface area (Å²) in [6, 6.07) is 0.498. The van der Waals surface area contributed by atoms with Gasteiger partial charge in [-0.2, -0.15) is 0 Å². The maximum atomic E-state index is 14.3. The molecule has 2 heterocycles. The van der Waals surface area contributed by atoms with E-state index in [1.165, 1.54) is 19.4 Å². The first-order valence-corrected chi connectivity index (χ1v) is 18.4. The highest BCUT2D eigenvalue weighted by atomic mass is 16.7. The van der Waals surface area contributed by atoms with Gasteiger partial charge in [0.15, 0.2) is 12.1 Å². The molecule has 2 saturated carbocycles. The molecule has 10 nitrogen and oxygen atoms in total. The van der Waals surface area contributed by atoms with Crippen LogP contribution in [-0.2, 0) is 28.5 Å². The molecule has 4 aliphatic rings. The van der Waals surface area contributed by atoms with E-state index in [-0.39, 0.29) is 36.5 Å². The molecule has 2 saturated heterocycles. The zero-order valence-electron chi connectivity index (χ0n) is 31.4. The average Bonchev–Trinajstić information content (AvgIpc) is 3.80. The van der Waals surface area contributed by atoms with Crippen LogP contribution in [0.15, 0.2) is 0 Å². The van der Waals surface area contributed by atoms with Crippen molar-refractivity contribution in [3.05, 3.63) is 0 Å². The second kappa shape index (κ2) is 15.8. The highest BCUT2D eigenvalue weighted by Gasteiger charge is 2.52. The number of nitrogens with zero attached hydrogens (tertiary/aromatic N) is 3. The normalized spacial score (nSPS) is 41.1. The molecule has 0 amide bonds. The number of Topliss-reactive ketones (excluding diaryl/α,β-unsaturated/α-hetero) is 1. The number of aliphatic hydroxyl groups excluding tert-OH is 1. The lowest BCUT2D eigenvalue weighted by Gasteiger charge is -2.49. The van der Waals surface area contributed by atoms with Gasteiger partial charge in [-0.25, -0.2) is 0 Å². The molecule has 4 rings (SSSR count). The number of carbonyl (C=O) groups is 2. The van der Waals surface area contributed by atoms with Crippen molar-refractivity contribution < 1.29 is 33.6 Å². The molecule has 0 unspecified atom stereocenters. The van der Waals surface area contributed by atoms with Crippen LogP contribution in [0.5, 0.6) is 0 Å². The van der Waals surface area contributed by atoms with Crippen LogP contribution in [0.1, 0.15) is 93.4 Å². The molecule has 47 heavy (non-hydrogen) atoms. The number of rotatable bonds is 10. The second-order valence-electron chi connectivity index (χ2n) is 16.7. The molecule has 10 heteroatoms. The minimum absolute atomic E-state index is 0.0899. The summed E-state index contributed by atoms with van der Waals surface area (Å²) in [5, 5.41) is 11.4. The maximum absolute atomic E-state index is 14.3.